The van der Waals surface area contributed by atoms with E-state index in [1.54, 1.807) is 42.5 Å². The molecule has 0 fully saturated rings. The Kier molecular flexibility index (Phi) is 5.05. The molecule has 0 atom stereocenters. The Morgan fingerprint density at radius 1 is 1.00 bits per heavy atom. The van der Waals surface area contributed by atoms with E-state index in [4.69, 9.17) is 0 Å². The van der Waals surface area contributed by atoms with E-state index in [9.17, 15) is 14.0 Å². The summed E-state index contributed by atoms with van der Waals surface area (Å²) in [6.45, 7) is -0.0467. The highest BCUT2D eigenvalue weighted by atomic mass is 79.9. The summed E-state index contributed by atoms with van der Waals surface area (Å²) in [6.07, 6.45) is 0. The molecule has 2 aromatic carbocycles. The molecule has 2 rings (SSSR count). The lowest BCUT2D eigenvalue weighted by Crippen LogP contribution is -2.35. The highest BCUT2D eigenvalue weighted by molar-refractivity contribution is 9.10. The molecule has 0 bridgehead atoms. The van der Waals surface area contributed by atoms with Crippen LogP contribution >= 0.6 is 15.9 Å². The van der Waals surface area contributed by atoms with E-state index in [1.165, 1.54) is 6.07 Å². The summed E-state index contributed by atoms with van der Waals surface area (Å²) < 4.78 is 14.0. The molecule has 0 radical (unpaired) electrons. The first-order valence-corrected chi connectivity index (χ1v) is 6.94. The molecule has 0 saturated carbocycles. The van der Waals surface area contributed by atoms with E-state index in [0.717, 1.165) is 0 Å². The number of hydrogen-bond acceptors (Lipinski definition) is 2. The van der Waals surface area contributed by atoms with Crippen molar-refractivity contribution >= 4 is 33.4 Å². The van der Waals surface area contributed by atoms with Crippen LogP contribution in [-0.2, 0) is 16.1 Å². The van der Waals surface area contributed by atoms with E-state index in [0.29, 0.717) is 15.7 Å². The Balaban J connectivity index is 1.93. The highest BCUT2D eigenvalue weighted by Gasteiger charge is 2.15. The van der Waals surface area contributed by atoms with Crippen LogP contribution in [0.5, 0.6) is 0 Å². The number of anilines is 1. The predicted molar refractivity (Wildman–Crippen MR) is 81.0 cm³/mol. The van der Waals surface area contributed by atoms with Gasteiger partial charge in [-0.3, -0.25) is 9.59 Å². The molecular weight excluding hydrogens is 339 g/mol. The molecule has 0 unspecified atom stereocenters. The molecule has 0 aliphatic carbocycles. The minimum absolute atomic E-state index is 0.0467. The summed E-state index contributed by atoms with van der Waals surface area (Å²) in [6, 6.07) is 13.0. The first-order valence-electron chi connectivity index (χ1n) is 6.15. The van der Waals surface area contributed by atoms with Gasteiger partial charge < -0.3 is 10.6 Å². The first-order chi connectivity index (χ1) is 10.1. The molecule has 108 valence electrons. The quantitative estimate of drug-likeness (QED) is 0.836. The number of carbonyl (C=O) groups is 2. The fourth-order valence-electron chi connectivity index (χ4n) is 1.64. The third kappa shape index (κ3) is 4.13. The second-order valence-corrected chi connectivity index (χ2v) is 5.06. The van der Waals surface area contributed by atoms with Crippen molar-refractivity contribution in [1.29, 1.82) is 0 Å². The monoisotopic (exact) mass is 350 g/mol. The molecule has 4 nitrogen and oxygen atoms in total. The van der Waals surface area contributed by atoms with Gasteiger partial charge in [0, 0.05) is 16.6 Å². The maximum absolute atomic E-state index is 13.4. The van der Waals surface area contributed by atoms with Crippen LogP contribution in [-0.4, -0.2) is 11.8 Å². The van der Waals surface area contributed by atoms with Crippen molar-refractivity contribution in [2.45, 2.75) is 6.54 Å². The van der Waals surface area contributed by atoms with Crippen LogP contribution in [0.25, 0.3) is 0 Å². The van der Waals surface area contributed by atoms with Gasteiger partial charge >= 0.3 is 11.8 Å². The Morgan fingerprint density at radius 3 is 2.38 bits per heavy atom. The number of carbonyl (C=O) groups excluding carboxylic acids is 2. The third-order valence-electron chi connectivity index (χ3n) is 2.73. The Labute approximate surface area is 129 Å². The van der Waals surface area contributed by atoms with Gasteiger partial charge in [0.15, 0.2) is 0 Å². The number of para-hydroxylation sites is 1. The molecule has 0 saturated heterocycles. The van der Waals surface area contributed by atoms with Gasteiger partial charge in [0.05, 0.1) is 5.69 Å². The fourth-order valence-corrected chi connectivity index (χ4v) is 2.02. The topological polar surface area (TPSA) is 58.2 Å². The zero-order valence-corrected chi connectivity index (χ0v) is 12.5. The van der Waals surface area contributed by atoms with E-state index >= 15 is 0 Å². The normalized spacial score (nSPS) is 10.0. The van der Waals surface area contributed by atoms with E-state index in [-0.39, 0.29) is 6.54 Å². The van der Waals surface area contributed by atoms with Crippen molar-refractivity contribution < 1.29 is 14.0 Å². The van der Waals surface area contributed by atoms with Crippen LogP contribution in [0.3, 0.4) is 0 Å². The molecule has 0 heterocycles. The van der Waals surface area contributed by atoms with E-state index < -0.39 is 17.6 Å². The van der Waals surface area contributed by atoms with Crippen LogP contribution in [0, 0.1) is 5.82 Å². The molecule has 21 heavy (non-hydrogen) atoms. The number of halogens is 2. The number of hydrogen-bond donors (Lipinski definition) is 2. The minimum Gasteiger partial charge on any atom is -0.344 e. The Morgan fingerprint density at radius 2 is 1.67 bits per heavy atom. The summed E-state index contributed by atoms with van der Waals surface area (Å²) >= 11 is 3.26. The summed E-state index contributed by atoms with van der Waals surface area (Å²) in [5.41, 5.74) is 0.808. The second kappa shape index (κ2) is 6.99. The lowest BCUT2D eigenvalue weighted by atomic mass is 10.2. The summed E-state index contributed by atoms with van der Waals surface area (Å²) in [4.78, 5) is 23.4. The van der Waals surface area contributed by atoms with Crippen molar-refractivity contribution in [3.05, 3.63) is 64.4 Å². The van der Waals surface area contributed by atoms with Crippen LogP contribution in [0.1, 0.15) is 5.56 Å². The van der Waals surface area contributed by atoms with Gasteiger partial charge in [-0.25, -0.2) is 4.39 Å². The zero-order valence-electron chi connectivity index (χ0n) is 10.9. The Bertz CT molecular complexity index is 676. The zero-order chi connectivity index (χ0) is 15.2. The molecule has 2 aromatic rings. The van der Waals surface area contributed by atoms with Crippen molar-refractivity contribution in [3.8, 4) is 0 Å². The van der Waals surface area contributed by atoms with Gasteiger partial charge in [-0.2, -0.15) is 0 Å². The molecular formula is C15H12BrFN2O2. The second-order valence-electron chi connectivity index (χ2n) is 4.21. The molecule has 0 aromatic heterocycles. The predicted octanol–water partition coefficient (Wildman–Crippen LogP) is 2.84. The molecule has 0 spiro atoms. The Hall–Kier alpha value is -2.21. The van der Waals surface area contributed by atoms with Gasteiger partial charge in [-0.1, -0.05) is 30.3 Å². The largest absolute Gasteiger partial charge is 0.344 e. The number of benzene rings is 2. The lowest BCUT2D eigenvalue weighted by Gasteiger charge is -2.08. The molecule has 2 amide bonds. The average molecular weight is 351 g/mol. The van der Waals surface area contributed by atoms with Crippen molar-refractivity contribution in [2.75, 3.05) is 5.32 Å². The fraction of sp³-hybridized carbons (Fsp3) is 0.0667. The van der Waals surface area contributed by atoms with Crippen molar-refractivity contribution in [1.82, 2.24) is 5.32 Å². The molecule has 0 aliphatic heterocycles. The maximum atomic E-state index is 13.4. The summed E-state index contributed by atoms with van der Waals surface area (Å²) in [5.74, 6) is -2.06. The van der Waals surface area contributed by atoms with E-state index in [2.05, 4.69) is 26.6 Å². The van der Waals surface area contributed by atoms with Crippen molar-refractivity contribution in [2.24, 2.45) is 0 Å². The van der Waals surface area contributed by atoms with E-state index in [1.807, 2.05) is 0 Å². The van der Waals surface area contributed by atoms with Crippen LogP contribution < -0.4 is 10.6 Å². The molecule has 2 N–H and O–H groups in total. The maximum Gasteiger partial charge on any atom is 0.313 e. The van der Waals surface area contributed by atoms with Gasteiger partial charge in [0.1, 0.15) is 5.82 Å². The van der Waals surface area contributed by atoms with Gasteiger partial charge in [0.25, 0.3) is 0 Å². The van der Waals surface area contributed by atoms with Gasteiger partial charge in [0.2, 0.25) is 0 Å². The number of nitrogens with one attached hydrogen (secondary N) is 2. The first kappa shape index (κ1) is 15.2. The highest BCUT2D eigenvalue weighted by Crippen LogP contribution is 2.20. The van der Waals surface area contributed by atoms with Crippen LogP contribution in [0.4, 0.5) is 10.1 Å². The smallest absolute Gasteiger partial charge is 0.313 e. The van der Waals surface area contributed by atoms with Crippen molar-refractivity contribution in [3.63, 3.8) is 0 Å². The standard InChI is InChI=1S/C15H12BrFN2O2/c16-11-6-2-4-8-13(11)19-15(21)14(20)18-9-10-5-1-3-7-12(10)17/h1-8H,9H2,(H,18,20)(H,19,21). The van der Waals surface area contributed by atoms with Crippen LogP contribution in [0.2, 0.25) is 0 Å². The van der Waals surface area contributed by atoms with Gasteiger partial charge in [-0.05, 0) is 34.1 Å². The number of amides is 2. The SMILES string of the molecule is O=C(NCc1ccccc1F)C(=O)Nc1ccccc1Br. The summed E-state index contributed by atoms with van der Waals surface area (Å²) in [7, 11) is 0. The summed E-state index contributed by atoms with van der Waals surface area (Å²) in [5, 5.41) is 4.84. The molecule has 0 aliphatic rings. The molecule has 6 heteroatoms. The number of rotatable bonds is 3. The average Bonchev–Trinajstić information content (AvgIpc) is 2.48. The van der Waals surface area contributed by atoms with Gasteiger partial charge in [-0.15, -0.1) is 0 Å². The minimum atomic E-state index is -0.825. The van der Waals surface area contributed by atoms with Crippen LogP contribution in [0.15, 0.2) is 53.0 Å². The third-order valence-corrected chi connectivity index (χ3v) is 3.42. The lowest BCUT2D eigenvalue weighted by molar-refractivity contribution is -0.136.